The summed E-state index contributed by atoms with van der Waals surface area (Å²) < 4.78 is 1.16. The molecule has 1 aliphatic heterocycles. The molecule has 16 heavy (non-hydrogen) atoms. The Morgan fingerprint density at radius 1 is 1.38 bits per heavy atom. The molecular weight excluding hydrogens is 264 g/mol. The van der Waals surface area contributed by atoms with Crippen LogP contribution in [0.15, 0.2) is 28.7 Å². The monoisotopic (exact) mass is 282 g/mol. The molecule has 1 heterocycles. The molecule has 88 valence electrons. The van der Waals surface area contributed by atoms with Crippen LogP contribution in [-0.2, 0) is 6.54 Å². The highest BCUT2D eigenvalue weighted by molar-refractivity contribution is 9.10. The maximum Gasteiger partial charge on any atom is 0.0237 e. The molecule has 2 rings (SSSR count). The Balaban J connectivity index is 2.02. The van der Waals surface area contributed by atoms with Crippen molar-refractivity contribution in [3.05, 3.63) is 34.3 Å². The standard InChI is InChI=1S/C13H19BrN2/c14-12-5-3-4-11(8-12)10-16-7-2-1-6-13(16)9-15/h3-5,8,13H,1-2,6-7,9-10,15H2. The van der Waals surface area contributed by atoms with Crippen molar-refractivity contribution in [2.24, 2.45) is 5.73 Å². The fourth-order valence-electron chi connectivity index (χ4n) is 2.40. The molecule has 1 aromatic rings. The van der Waals surface area contributed by atoms with E-state index in [1.807, 2.05) is 0 Å². The van der Waals surface area contributed by atoms with Gasteiger partial charge in [0.15, 0.2) is 0 Å². The molecule has 0 radical (unpaired) electrons. The van der Waals surface area contributed by atoms with Gasteiger partial charge in [-0.05, 0) is 37.1 Å². The Bertz CT molecular complexity index is 340. The van der Waals surface area contributed by atoms with Gasteiger partial charge in [0.05, 0.1) is 0 Å². The van der Waals surface area contributed by atoms with Gasteiger partial charge in [-0.1, -0.05) is 34.5 Å². The third-order valence-electron chi connectivity index (χ3n) is 3.30. The van der Waals surface area contributed by atoms with Crippen LogP contribution in [0.2, 0.25) is 0 Å². The van der Waals surface area contributed by atoms with Crippen molar-refractivity contribution in [2.75, 3.05) is 13.1 Å². The van der Waals surface area contributed by atoms with Crippen LogP contribution in [0, 0.1) is 0 Å². The third-order valence-corrected chi connectivity index (χ3v) is 3.79. The lowest BCUT2D eigenvalue weighted by Crippen LogP contribution is -2.43. The largest absolute Gasteiger partial charge is 0.329 e. The van der Waals surface area contributed by atoms with E-state index in [-0.39, 0.29) is 0 Å². The van der Waals surface area contributed by atoms with E-state index < -0.39 is 0 Å². The predicted molar refractivity (Wildman–Crippen MR) is 71.2 cm³/mol. The number of likely N-dealkylation sites (tertiary alicyclic amines) is 1. The Kier molecular flexibility index (Phi) is 4.38. The second-order valence-corrected chi connectivity index (χ2v) is 5.40. The molecule has 1 fully saturated rings. The maximum atomic E-state index is 5.83. The van der Waals surface area contributed by atoms with Crippen molar-refractivity contribution in [1.29, 1.82) is 0 Å². The third kappa shape index (κ3) is 3.06. The highest BCUT2D eigenvalue weighted by atomic mass is 79.9. The summed E-state index contributed by atoms with van der Waals surface area (Å²) >= 11 is 3.52. The van der Waals surface area contributed by atoms with E-state index in [0.29, 0.717) is 6.04 Å². The Hall–Kier alpha value is -0.380. The van der Waals surface area contributed by atoms with Crippen molar-refractivity contribution in [2.45, 2.75) is 31.8 Å². The van der Waals surface area contributed by atoms with Crippen molar-refractivity contribution < 1.29 is 0 Å². The first-order valence-electron chi connectivity index (χ1n) is 5.98. The summed E-state index contributed by atoms with van der Waals surface area (Å²) in [6.07, 6.45) is 3.89. The minimum Gasteiger partial charge on any atom is -0.329 e. The van der Waals surface area contributed by atoms with E-state index in [0.717, 1.165) is 17.6 Å². The number of halogens is 1. The average Bonchev–Trinajstić information content (AvgIpc) is 2.30. The van der Waals surface area contributed by atoms with Gasteiger partial charge in [0, 0.05) is 23.6 Å². The minimum absolute atomic E-state index is 0.577. The maximum absolute atomic E-state index is 5.83. The van der Waals surface area contributed by atoms with E-state index in [9.17, 15) is 0 Å². The summed E-state index contributed by atoms with van der Waals surface area (Å²) in [4.78, 5) is 2.52. The van der Waals surface area contributed by atoms with Gasteiger partial charge in [-0.3, -0.25) is 4.90 Å². The molecule has 0 aliphatic carbocycles. The smallest absolute Gasteiger partial charge is 0.0237 e. The van der Waals surface area contributed by atoms with Crippen molar-refractivity contribution >= 4 is 15.9 Å². The molecule has 1 aromatic carbocycles. The molecule has 0 amide bonds. The second-order valence-electron chi connectivity index (χ2n) is 4.49. The van der Waals surface area contributed by atoms with Crippen LogP contribution in [0.25, 0.3) is 0 Å². The summed E-state index contributed by atoms with van der Waals surface area (Å²) in [6.45, 7) is 3.00. The highest BCUT2D eigenvalue weighted by Gasteiger charge is 2.20. The summed E-state index contributed by atoms with van der Waals surface area (Å²) in [5.74, 6) is 0. The SMILES string of the molecule is NCC1CCCCN1Cc1cccc(Br)c1. The quantitative estimate of drug-likeness (QED) is 0.924. The molecule has 1 unspecified atom stereocenters. The summed E-state index contributed by atoms with van der Waals surface area (Å²) in [5, 5.41) is 0. The minimum atomic E-state index is 0.577. The average molecular weight is 283 g/mol. The van der Waals surface area contributed by atoms with Gasteiger partial charge >= 0.3 is 0 Å². The van der Waals surface area contributed by atoms with E-state index in [1.54, 1.807) is 0 Å². The molecule has 0 saturated carbocycles. The Labute approximate surface area is 106 Å². The highest BCUT2D eigenvalue weighted by Crippen LogP contribution is 2.20. The number of benzene rings is 1. The molecular formula is C13H19BrN2. The van der Waals surface area contributed by atoms with Crippen LogP contribution in [0.3, 0.4) is 0 Å². The first-order chi connectivity index (χ1) is 7.79. The molecule has 2 N–H and O–H groups in total. The number of nitrogens with zero attached hydrogens (tertiary/aromatic N) is 1. The molecule has 0 bridgehead atoms. The lowest BCUT2D eigenvalue weighted by molar-refractivity contribution is 0.145. The van der Waals surface area contributed by atoms with Gasteiger partial charge in [0.2, 0.25) is 0 Å². The van der Waals surface area contributed by atoms with Gasteiger partial charge in [0.1, 0.15) is 0 Å². The van der Waals surface area contributed by atoms with Gasteiger partial charge in [-0.2, -0.15) is 0 Å². The van der Waals surface area contributed by atoms with Gasteiger partial charge < -0.3 is 5.73 Å². The molecule has 0 spiro atoms. The van der Waals surface area contributed by atoms with E-state index >= 15 is 0 Å². The van der Waals surface area contributed by atoms with E-state index in [1.165, 1.54) is 31.4 Å². The fraction of sp³-hybridized carbons (Fsp3) is 0.538. The zero-order valence-electron chi connectivity index (χ0n) is 9.53. The van der Waals surface area contributed by atoms with E-state index in [2.05, 4.69) is 45.1 Å². The van der Waals surface area contributed by atoms with Crippen molar-refractivity contribution in [1.82, 2.24) is 4.90 Å². The predicted octanol–water partition coefficient (Wildman–Crippen LogP) is 2.76. The normalized spacial score (nSPS) is 22.2. The second kappa shape index (κ2) is 5.80. The molecule has 1 saturated heterocycles. The first kappa shape index (κ1) is 12.1. The first-order valence-corrected chi connectivity index (χ1v) is 6.77. The van der Waals surface area contributed by atoms with Gasteiger partial charge in [-0.15, -0.1) is 0 Å². The zero-order chi connectivity index (χ0) is 11.4. The van der Waals surface area contributed by atoms with Crippen LogP contribution in [-0.4, -0.2) is 24.0 Å². The summed E-state index contributed by atoms with van der Waals surface area (Å²) in [6, 6.07) is 9.13. The number of hydrogen-bond acceptors (Lipinski definition) is 2. The zero-order valence-corrected chi connectivity index (χ0v) is 11.1. The van der Waals surface area contributed by atoms with Gasteiger partial charge in [-0.25, -0.2) is 0 Å². The van der Waals surface area contributed by atoms with Crippen LogP contribution in [0.5, 0.6) is 0 Å². The molecule has 3 heteroatoms. The topological polar surface area (TPSA) is 29.3 Å². The van der Waals surface area contributed by atoms with Crippen molar-refractivity contribution in [3.63, 3.8) is 0 Å². The summed E-state index contributed by atoms with van der Waals surface area (Å²) in [7, 11) is 0. The van der Waals surface area contributed by atoms with Crippen LogP contribution >= 0.6 is 15.9 Å². The van der Waals surface area contributed by atoms with Gasteiger partial charge in [0.25, 0.3) is 0 Å². The molecule has 1 aliphatic rings. The summed E-state index contributed by atoms with van der Waals surface area (Å²) in [5.41, 5.74) is 7.20. The lowest BCUT2D eigenvalue weighted by Gasteiger charge is -2.35. The Morgan fingerprint density at radius 3 is 3.00 bits per heavy atom. The Morgan fingerprint density at radius 2 is 2.25 bits per heavy atom. The molecule has 0 aromatic heterocycles. The fourth-order valence-corrected chi connectivity index (χ4v) is 2.85. The van der Waals surface area contributed by atoms with Crippen molar-refractivity contribution in [3.8, 4) is 0 Å². The van der Waals surface area contributed by atoms with Crippen LogP contribution in [0.4, 0.5) is 0 Å². The van der Waals surface area contributed by atoms with E-state index in [4.69, 9.17) is 5.73 Å². The molecule has 2 nitrogen and oxygen atoms in total. The molecule has 1 atom stereocenters. The van der Waals surface area contributed by atoms with Crippen LogP contribution < -0.4 is 5.73 Å². The number of nitrogens with two attached hydrogens (primary N) is 1. The van der Waals surface area contributed by atoms with Crippen LogP contribution in [0.1, 0.15) is 24.8 Å². The number of hydrogen-bond donors (Lipinski definition) is 1. The number of rotatable bonds is 3. The lowest BCUT2D eigenvalue weighted by atomic mass is 10.0. The number of piperidine rings is 1.